The second-order valence-electron chi connectivity index (χ2n) is 9.37. The molecule has 1 N–H and O–H groups in total. The van der Waals surface area contributed by atoms with Crippen molar-refractivity contribution in [1.82, 2.24) is 9.21 Å². The monoisotopic (exact) mass is 489 g/mol. The minimum atomic E-state index is -3.48. The van der Waals surface area contributed by atoms with E-state index in [1.807, 2.05) is 12.1 Å². The first-order valence-electron chi connectivity index (χ1n) is 12.3. The first kappa shape index (κ1) is 23.7. The standard InChI is InChI=1S/C28H31N3O3S/c32-28(29-26-11-13-27(14-12-26)35(33,34)31-16-4-1-5-17-31)24-10-6-7-22(19-24)20-30-18-15-23-8-2-3-9-25(23)21-30/h2-3,6-14,19H,1,4-5,15-18,20-21H2,(H,29,32). The second kappa shape index (κ2) is 10.3. The van der Waals surface area contributed by atoms with Crippen LogP contribution in [0.5, 0.6) is 0 Å². The van der Waals surface area contributed by atoms with Crippen LogP contribution in [-0.4, -0.2) is 43.2 Å². The SMILES string of the molecule is O=C(Nc1ccc(S(=O)(=O)N2CCCCC2)cc1)c1cccc(CN2CCc3ccccc3C2)c1. The molecule has 5 rings (SSSR count). The van der Waals surface area contributed by atoms with Crippen LogP contribution in [0.2, 0.25) is 0 Å². The van der Waals surface area contributed by atoms with Gasteiger partial charge in [-0.2, -0.15) is 4.31 Å². The molecule has 0 radical (unpaired) electrons. The van der Waals surface area contributed by atoms with E-state index in [1.165, 1.54) is 11.1 Å². The predicted molar refractivity (Wildman–Crippen MR) is 138 cm³/mol. The zero-order valence-corrected chi connectivity index (χ0v) is 20.6. The molecule has 2 heterocycles. The number of rotatable bonds is 6. The van der Waals surface area contributed by atoms with Crippen LogP contribution in [0.15, 0.2) is 77.7 Å². The van der Waals surface area contributed by atoms with Gasteiger partial charge in [0.05, 0.1) is 4.90 Å². The maximum absolute atomic E-state index is 12.9. The lowest BCUT2D eigenvalue weighted by molar-refractivity contribution is 0.102. The number of nitrogens with one attached hydrogen (secondary N) is 1. The first-order chi connectivity index (χ1) is 17.0. The number of fused-ring (bicyclic) bond motifs is 1. The molecule has 7 heteroatoms. The molecule has 3 aromatic carbocycles. The molecular weight excluding hydrogens is 458 g/mol. The van der Waals surface area contributed by atoms with Gasteiger partial charge in [-0.15, -0.1) is 0 Å². The van der Waals surface area contributed by atoms with Gasteiger partial charge >= 0.3 is 0 Å². The van der Waals surface area contributed by atoms with Gasteiger partial charge in [0.2, 0.25) is 10.0 Å². The van der Waals surface area contributed by atoms with Gasteiger partial charge in [0.1, 0.15) is 0 Å². The minimum Gasteiger partial charge on any atom is -0.322 e. The summed E-state index contributed by atoms with van der Waals surface area (Å²) in [4.78, 5) is 15.6. The third-order valence-electron chi connectivity index (χ3n) is 6.87. The maximum Gasteiger partial charge on any atom is 0.255 e. The third-order valence-corrected chi connectivity index (χ3v) is 8.78. The smallest absolute Gasteiger partial charge is 0.255 e. The Bertz CT molecular complexity index is 1300. The summed E-state index contributed by atoms with van der Waals surface area (Å²) in [7, 11) is -3.48. The van der Waals surface area contributed by atoms with Crippen LogP contribution < -0.4 is 5.32 Å². The molecule has 0 saturated carbocycles. The normalized spacial score (nSPS) is 17.0. The molecule has 182 valence electrons. The van der Waals surface area contributed by atoms with Crippen LogP contribution in [0.1, 0.15) is 46.3 Å². The quantitative estimate of drug-likeness (QED) is 0.546. The number of hydrogen-bond donors (Lipinski definition) is 1. The van der Waals surface area contributed by atoms with Crippen LogP contribution in [0.4, 0.5) is 5.69 Å². The van der Waals surface area contributed by atoms with E-state index in [4.69, 9.17) is 0 Å². The Hall–Kier alpha value is -3.00. The highest BCUT2D eigenvalue weighted by atomic mass is 32.2. The molecule has 2 aliphatic rings. The van der Waals surface area contributed by atoms with Crippen molar-refractivity contribution in [2.24, 2.45) is 0 Å². The van der Waals surface area contributed by atoms with Crippen molar-refractivity contribution in [2.75, 3.05) is 25.0 Å². The number of nitrogens with zero attached hydrogens (tertiary/aromatic N) is 2. The zero-order chi connectivity index (χ0) is 24.3. The highest BCUT2D eigenvalue weighted by molar-refractivity contribution is 7.89. The molecule has 0 unspecified atom stereocenters. The number of carbonyl (C=O) groups is 1. The molecule has 1 amide bonds. The molecule has 0 atom stereocenters. The topological polar surface area (TPSA) is 69.7 Å². The van der Waals surface area contributed by atoms with Gasteiger partial charge < -0.3 is 5.32 Å². The van der Waals surface area contributed by atoms with E-state index in [0.717, 1.165) is 50.9 Å². The van der Waals surface area contributed by atoms with Crippen LogP contribution in [0.25, 0.3) is 0 Å². The Kier molecular flexibility index (Phi) is 7.00. The summed E-state index contributed by atoms with van der Waals surface area (Å²) in [5.41, 5.74) is 5.06. The molecule has 3 aromatic rings. The number of anilines is 1. The van der Waals surface area contributed by atoms with Crippen molar-refractivity contribution in [3.8, 4) is 0 Å². The number of sulfonamides is 1. The van der Waals surface area contributed by atoms with Crippen LogP contribution in [-0.2, 0) is 29.5 Å². The van der Waals surface area contributed by atoms with Gasteiger partial charge in [0.25, 0.3) is 5.91 Å². The molecule has 1 saturated heterocycles. The van der Waals surface area contributed by atoms with E-state index in [2.05, 4.69) is 40.5 Å². The Labute approximate surface area is 207 Å². The molecule has 6 nitrogen and oxygen atoms in total. The average molecular weight is 490 g/mol. The Morgan fingerprint density at radius 1 is 0.829 bits per heavy atom. The lowest BCUT2D eigenvalue weighted by Gasteiger charge is -2.28. The van der Waals surface area contributed by atoms with E-state index in [1.54, 1.807) is 34.6 Å². The number of carbonyl (C=O) groups excluding carboxylic acids is 1. The van der Waals surface area contributed by atoms with E-state index >= 15 is 0 Å². The van der Waals surface area contributed by atoms with Gasteiger partial charge in [-0.25, -0.2) is 8.42 Å². The Balaban J connectivity index is 1.22. The summed E-state index contributed by atoms with van der Waals surface area (Å²) >= 11 is 0. The van der Waals surface area contributed by atoms with Crippen LogP contribution in [0, 0.1) is 0 Å². The van der Waals surface area contributed by atoms with Crippen molar-refractivity contribution in [3.05, 3.63) is 95.1 Å². The first-order valence-corrected chi connectivity index (χ1v) is 13.7. The third kappa shape index (κ3) is 5.48. The molecule has 1 fully saturated rings. The molecule has 35 heavy (non-hydrogen) atoms. The molecule has 0 bridgehead atoms. The van der Waals surface area contributed by atoms with Crippen LogP contribution >= 0.6 is 0 Å². The van der Waals surface area contributed by atoms with E-state index in [9.17, 15) is 13.2 Å². The van der Waals surface area contributed by atoms with Crippen LogP contribution in [0.3, 0.4) is 0 Å². The fraction of sp³-hybridized carbons (Fsp3) is 0.321. The lowest BCUT2D eigenvalue weighted by Crippen LogP contribution is -2.35. The largest absolute Gasteiger partial charge is 0.322 e. The number of amides is 1. The van der Waals surface area contributed by atoms with E-state index < -0.39 is 10.0 Å². The predicted octanol–water partition coefficient (Wildman–Crippen LogP) is 4.67. The lowest BCUT2D eigenvalue weighted by atomic mass is 9.99. The summed E-state index contributed by atoms with van der Waals surface area (Å²) in [6.45, 7) is 3.85. The van der Waals surface area contributed by atoms with E-state index in [0.29, 0.717) is 24.3 Å². The average Bonchev–Trinajstić information content (AvgIpc) is 2.89. The van der Waals surface area contributed by atoms with Crippen molar-refractivity contribution in [1.29, 1.82) is 0 Å². The number of benzene rings is 3. The highest BCUT2D eigenvalue weighted by Gasteiger charge is 2.25. The Morgan fingerprint density at radius 2 is 1.57 bits per heavy atom. The molecule has 0 aromatic heterocycles. The van der Waals surface area contributed by atoms with E-state index in [-0.39, 0.29) is 10.8 Å². The summed E-state index contributed by atoms with van der Waals surface area (Å²) in [5, 5.41) is 2.90. The summed E-state index contributed by atoms with van der Waals surface area (Å²) < 4.78 is 27.2. The minimum absolute atomic E-state index is 0.206. The number of piperidine rings is 1. The fourth-order valence-electron chi connectivity index (χ4n) is 4.93. The van der Waals surface area contributed by atoms with Gasteiger partial charge in [-0.3, -0.25) is 9.69 Å². The summed E-state index contributed by atoms with van der Waals surface area (Å²) in [6, 6.07) is 22.7. The maximum atomic E-state index is 12.9. The number of hydrogen-bond acceptors (Lipinski definition) is 4. The summed E-state index contributed by atoms with van der Waals surface area (Å²) in [5.74, 6) is -0.206. The van der Waals surface area contributed by atoms with Gasteiger partial charge in [-0.05, 0) is 72.4 Å². The Morgan fingerprint density at radius 3 is 2.34 bits per heavy atom. The second-order valence-corrected chi connectivity index (χ2v) is 11.3. The summed E-state index contributed by atoms with van der Waals surface area (Å²) in [6.07, 6.45) is 3.92. The van der Waals surface area contributed by atoms with Crippen molar-refractivity contribution in [2.45, 2.75) is 43.7 Å². The van der Waals surface area contributed by atoms with Gasteiger partial charge in [0, 0.05) is 44.0 Å². The zero-order valence-electron chi connectivity index (χ0n) is 19.8. The fourth-order valence-corrected chi connectivity index (χ4v) is 6.44. The molecule has 0 spiro atoms. The van der Waals surface area contributed by atoms with Gasteiger partial charge in [-0.1, -0.05) is 42.8 Å². The highest BCUT2D eigenvalue weighted by Crippen LogP contribution is 2.23. The molecule has 2 aliphatic heterocycles. The molecular formula is C28H31N3O3S. The van der Waals surface area contributed by atoms with Crippen molar-refractivity contribution in [3.63, 3.8) is 0 Å². The molecule has 0 aliphatic carbocycles. The van der Waals surface area contributed by atoms with Gasteiger partial charge in [0.15, 0.2) is 0 Å². The van der Waals surface area contributed by atoms with Crippen molar-refractivity contribution >= 4 is 21.6 Å². The van der Waals surface area contributed by atoms with Crippen molar-refractivity contribution < 1.29 is 13.2 Å².